The van der Waals surface area contributed by atoms with Crippen LogP contribution in [-0.2, 0) is 6.42 Å². The van der Waals surface area contributed by atoms with Gasteiger partial charge in [-0.25, -0.2) is 13.2 Å². The molecule has 0 radical (unpaired) electrons. The molecule has 1 aromatic heterocycles. The number of phenolic OH excluding ortho intramolecular Hbond substituents is 1. The summed E-state index contributed by atoms with van der Waals surface area (Å²) in [5.41, 5.74) is 0.831. The summed E-state index contributed by atoms with van der Waals surface area (Å²) >= 11 is 1.94. The number of fused-ring (bicyclic) bond motifs is 5. The maximum atomic E-state index is 17.0. The number of aromatic hydroxyl groups is 1. The van der Waals surface area contributed by atoms with Crippen molar-refractivity contribution in [1.82, 2.24) is 14.9 Å². The first-order valence-electron chi connectivity index (χ1n) is 16.5. The smallest absolute Gasteiger partial charge is 0.319 e. The first kappa shape index (κ1) is 30.1. The highest BCUT2D eigenvalue weighted by atomic mass is 32.2. The predicted molar refractivity (Wildman–Crippen MR) is 178 cm³/mol. The van der Waals surface area contributed by atoms with Crippen molar-refractivity contribution in [1.29, 1.82) is 0 Å². The van der Waals surface area contributed by atoms with E-state index < -0.39 is 17.5 Å². The van der Waals surface area contributed by atoms with Crippen LogP contribution in [0.1, 0.15) is 44.6 Å². The van der Waals surface area contributed by atoms with E-state index in [1.165, 1.54) is 25.0 Å². The second-order valence-corrected chi connectivity index (χ2v) is 14.7. The molecule has 8 rings (SSSR count). The Kier molecular flexibility index (Phi) is 7.51. The van der Waals surface area contributed by atoms with Crippen molar-refractivity contribution in [2.24, 2.45) is 11.8 Å². The average Bonchev–Trinajstić information content (AvgIpc) is 3.65. The summed E-state index contributed by atoms with van der Waals surface area (Å²) in [7, 11) is 0. The van der Waals surface area contributed by atoms with E-state index in [1.54, 1.807) is 18.2 Å². The topological polar surface area (TPSA) is 61.7 Å². The Morgan fingerprint density at radius 3 is 2.61 bits per heavy atom. The molecule has 4 atom stereocenters. The van der Waals surface area contributed by atoms with Gasteiger partial charge in [0.2, 0.25) is 0 Å². The maximum Gasteiger partial charge on any atom is 0.319 e. The minimum Gasteiger partial charge on any atom is -0.508 e. The van der Waals surface area contributed by atoms with Gasteiger partial charge in [-0.2, -0.15) is 21.7 Å². The molecule has 2 unspecified atom stereocenters. The Hall–Kier alpha value is -3.24. The number of nitrogens with zero attached hydrogens (tertiary/aromatic N) is 4. The van der Waals surface area contributed by atoms with Crippen LogP contribution in [0.5, 0.6) is 11.8 Å². The number of phenols is 1. The number of anilines is 1. The molecule has 0 spiro atoms. The summed E-state index contributed by atoms with van der Waals surface area (Å²) in [6.07, 6.45) is 6.29. The average molecular weight is 649 g/mol. The number of alkyl halides is 1. The second-order valence-electron chi connectivity index (χ2n) is 13.7. The van der Waals surface area contributed by atoms with Crippen LogP contribution in [-0.4, -0.2) is 76.0 Å². The van der Waals surface area contributed by atoms with Crippen LogP contribution < -0.4 is 9.64 Å². The normalized spacial score (nSPS) is 27.6. The summed E-state index contributed by atoms with van der Waals surface area (Å²) in [4.78, 5) is 14.0. The third-order valence-corrected chi connectivity index (χ3v) is 12.4. The lowest BCUT2D eigenvalue weighted by Gasteiger charge is -2.38. The molecule has 3 aromatic carbocycles. The minimum absolute atomic E-state index is 0.0294. The molecule has 6 nitrogen and oxygen atoms in total. The lowest BCUT2D eigenvalue weighted by atomic mass is 9.92. The van der Waals surface area contributed by atoms with Crippen LogP contribution in [0.25, 0.3) is 32.8 Å². The standard InChI is InChI=1S/C36H39F3N4O2S/c1-3-25-29(38)10-7-20-13-24(44)14-28(30(20)25)26-8-9-27-32(31(26)39)40-35(45-19-36-11-4-12-43(36)18-23(37)15-36)41-34(27)42-16-21-5-6-22(17-42)33(21)46-2/h7-10,13-14,21-23,33,44H,3-6,11-12,15-19H2,1-2H3/t21?,22?,23-,33?,36+/m1/s1. The number of hydrogen-bond donors (Lipinski definition) is 1. The van der Waals surface area contributed by atoms with Gasteiger partial charge in [0.1, 0.15) is 35.7 Å². The van der Waals surface area contributed by atoms with Crippen LogP contribution in [0.15, 0.2) is 36.4 Å². The monoisotopic (exact) mass is 648 g/mol. The fourth-order valence-electron chi connectivity index (χ4n) is 9.08. The zero-order chi connectivity index (χ0) is 31.7. The van der Waals surface area contributed by atoms with E-state index in [2.05, 4.69) is 21.0 Å². The fourth-order valence-corrected chi connectivity index (χ4v) is 10.3. The first-order valence-corrected chi connectivity index (χ1v) is 17.8. The molecule has 4 aliphatic rings. The van der Waals surface area contributed by atoms with Gasteiger partial charge in [0.15, 0.2) is 5.82 Å². The number of rotatable bonds is 7. The number of benzene rings is 3. The Balaban J connectivity index is 1.26. The molecule has 10 heteroatoms. The molecule has 4 fully saturated rings. The van der Waals surface area contributed by atoms with Gasteiger partial charge in [-0.1, -0.05) is 19.1 Å². The van der Waals surface area contributed by atoms with Gasteiger partial charge in [-0.05, 0) is 103 Å². The molecule has 3 aliphatic heterocycles. The van der Waals surface area contributed by atoms with Crippen LogP contribution in [0, 0.1) is 23.5 Å². The molecule has 4 aromatic rings. The van der Waals surface area contributed by atoms with Crippen molar-refractivity contribution in [3.05, 3.63) is 53.6 Å². The number of halogens is 3. The molecule has 1 aliphatic carbocycles. The summed E-state index contributed by atoms with van der Waals surface area (Å²) in [5.74, 6) is 0.737. The van der Waals surface area contributed by atoms with Gasteiger partial charge < -0.3 is 14.7 Å². The summed E-state index contributed by atoms with van der Waals surface area (Å²) in [5, 5.41) is 13.0. The minimum atomic E-state index is -0.889. The number of piperidine rings is 1. The third kappa shape index (κ3) is 4.81. The number of aryl methyl sites for hydroxylation is 1. The first-order chi connectivity index (χ1) is 22.3. The zero-order valence-corrected chi connectivity index (χ0v) is 27.1. The quantitative estimate of drug-likeness (QED) is 0.222. The van der Waals surface area contributed by atoms with Crippen LogP contribution in [0.2, 0.25) is 0 Å². The highest BCUT2D eigenvalue weighted by Crippen LogP contribution is 2.46. The van der Waals surface area contributed by atoms with Crippen molar-refractivity contribution in [3.63, 3.8) is 0 Å². The summed E-state index contributed by atoms with van der Waals surface area (Å²) in [6.45, 7) is 5.02. The van der Waals surface area contributed by atoms with E-state index in [-0.39, 0.29) is 35.3 Å². The van der Waals surface area contributed by atoms with Crippen molar-refractivity contribution in [3.8, 4) is 22.9 Å². The maximum absolute atomic E-state index is 17.0. The second kappa shape index (κ2) is 11.5. The number of thioether (sulfide) groups is 1. The highest BCUT2D eigenvalue weighted by Gasteiger charge is 2.49. The van der Waals surface area contributed by atoms with E-state index in [1.807, 2.05) is 24.8 Å². The lowest BCUT2D eigenvalue weighted by molar-refractivity contribution is 0.107. The van der Waals surface area contributed by atoms with E-state index >= 15 is 8.78 Å². The van der Waals surface area contributed by atoms with Crippen LogP contribution >= 0.6 is 11.8 Å². The molecule has 1 saturated carbocycles. The summed E-state index contributed by atoms with van der Waals surface area (Å²) < 4.78 is 52.8. The van der Waals surface area contributed by atoms with E-state index in [0.717, 1.165) is 32.5 Å². The van der Waals surface area contributed by atoms with Crippen molar-refractivity contribution >= 4 is 39.3 Å². The van der Waals surface area contributed by atoms with Crippen molar-refractivity contribution < 1.29 is 23.0 Å². The highest BCUT2D eigenvalue weighted by molar-refractivity contribution is 7.99. The molecular formula is C36H39F3N4O2S. The van der Waals surface area contributed by atoms with Gasteiger partial charge >= 0.3 is 6.01 Å². The molecule has 3 saturated heterocycles. The van der Waals surface area contributed by atoms with Gasteiger partial charge in [-0.15, -0.1) is 0 Å². The SMILES string of the molecule is CCc1c(F)ccc2cc(O)cc(-c3ccc4c(N5CC6CCC(C5)C6SC)nc(OC[C@@]56CCCN5C[C@H](F)C6)nc4c3F)c12. The van der Waals surface area contributed by atoms with E-state index in [0.29, 0.717) is 69.6 Å². The number of hydrogen-bond acceptors (Lipinski definition) is 7. The van der Waals surface area contributed by atoms with Gasteiger partial charge in [-0.3, -0.25) is 4.90 Å². The van der Waals surface area contributed by atoms with Gasteiger partial charge in [0.05, 0.1) is 5.54 Å². The molecule has 2 bridgehead atoms. The number of aromatic nitrogens is 2. The Bertz CT molecular complexity index is 1830. The zero-order valence-electron chi connectivity index (χ0n) is 26.2. The van der Waals surface area contributed by atoms with Crippen LogP contribution in [0.4, 0.5) is 19.0 Å². The Morgan fingerprint density at radius 1 is 1.04 bits per heavy atom. The predicted octanol–water partition coefficient (Wildman–Crippen LogP) is 7.53. The van der Waals surface area contributed by atoms with Crippen molar-refractivity contribution in [2.45, 2.75) is 62.4 Å². The fraction of sp³-hybridized carbons (Fsp3) is 0.500. The Morgan fingerprint density at radius 2 is 1.85 bits per heavy atom. The lowest BCUT2D eigenvalue weighted by Crippen LogP contribution is -2.44. The largest absolute Gasteiger partial charge is 0.508 e. The Labute approximate surface area is 271 Å². The van der Waals surface area contributed by atoms with Crippen LogP contribution in [0.3, 0.4) is 0 Å². The number of ether oxygens (including phenoxy) is 1. The van der Waals surface area contributed by atoms with Gasteiger partial charge in [0.25, 0.3) is 0 Å². The molecule has 4 heterocycles. The van der Waals surface area contributed by atoms with E-state index in [9.17, 15) is 9.50 Å². The molecule has 0 amide bonds. The van der Waals surface area contributed by atoms with E-state index in [4.69, 9.17) is 9.72 Å². The summed E-state index contributed by atoms with van der Waals surface area (Å²) in [6, 6.07) is 9.70. The third-order valence-electron chi connectivity index (χ3n) is 11.1. The van der Waals surface area contributed by atoms with Crippen molar-refractivity contribution in [2.75, 3.05) is 43.9 Å². The molecule has 1 N–H and O–H groups in total. The van der Waals surface area contributed by atoms with Gasteiger partial charge in [0, 0.05) is 42.3 Å². The molecular weight excluding hydrogens is 609 g/mol. The molecule has 242 valence electrons. The molecule has 46 heavy (non-hydrogen) atoms.